The van der Waals surface area contributed by atoms with Crippen LogP contribution in [0.15, 0.2) is 48.7 Å². The molecular weight excluding hydrogens is 497 g/mol. The van der Waals surface area contributed by atoms with Gasteiger partial charge in [-0.05, 0) is 56.7 Å². The minimum atomic E-state index is -3.64. The number of anilines is 3. The minimum Gasteiger partial charge on any atom is -0.384 e. The first-order valence-corrected chi connectivity index (χ1v) is 13.4. The number of hydrogen-bond donors (Lipinski definition) is 3. The number of fused-ring (bicyclic) bond motifs is 1. The van der Waals surface area contributed by atoms with Gasteiger partial charge in [0.25, 0.3) is 0 Å². The van der Waals surface area contributed by atoms with Crippen LogP contribution >= 0.6 is 0 Å². The average molecular weight is 528 g/mol. The highest BCUT2D eigenvalue weighted by atomic mass is 32.2. The minimum absolute atomic E-state index is 0.107. The molecule has 1 aromatic carbocycles. The molecule has 10 nitrogen and oxygen atoms in total. The Morgan fingerprint density at radius 3 is 2.35 bits per heavy atom. The number of nitrogens with one attached hydrogen (secondary N) is 1. The van der Waals surface area contributed by atoms with Crippen molar-refractivity contribution < 1.29 is 17.5 Å². The van der Waals surface area contributed by atoms with Crippen LogP contribution in [-0.2, 0) is 14.8 Å². The van der Waals surface area contributed by atoms with E-state index in [0.717, 1.165) is 13.2 Å². The lowest BCUT2D eigenvalue weighted by Gasteiger charge is -2.12. The summed E-state index contributed by atoms with van der Waals surface area (Å²) >= 11 is 0. The van der Waals surface area contributed by atoms with Crippen LogP contribution in [0.25, 0.3) is 33.7 Å². The van der Waals surface area contributed by atoms with Crippen molar-refractivity contribution in [2.45, 2.75) is 27.2 Å². The molecule has 4 aromatic rings. The summed E-state index contributed by atoms with van der Waals surface area (Å²) < 4.78 is 46.3. The van der Waals surface area contributed by atoms with E-state index in [1.54, 1.807) is 37.3 Å². The lowest BCUT2D eigenvalue weighted by atomic mass is 10.1. The molecule has 0 amide bonds. The van der Waals surface area contributed by atoms with Gasteiger partial charge in [-0.3, -0.25) is 4.72 Å². The van der Waals surface area contributed by atoms with E-state index in [-0.39, 0.29) is 28.5 Å². The van der Waals surface area contributed by atoms with Crippen LogP contribution in [0.4, 0.5) is 21.7 Å². The van der Waals surface area contributed by atoms with E-state index in [4.69, 9.17) is 16.2 Å². The molecule has 4 rings (SSSR count). The van der Waals surface area contributed by atoms with Crippen LogP contribution in [0.2, 0.25) is 0 Å². The highest BCUT2D eigenvalue weighted by Gasteiger charge is 2.17. The number of halogens is 1. The van der Waals surface area contributed by atoms with E-state index in [9.17, 15) is 8.42 Å². The molecule has 0 saturated carbocycles. The van der Waals surface area contributed by atoms with Crippen LogP contribution in [-0.4, -0.2) is 47.3 Å². The molecule has 0 fully saturated rings. The zero-order valence-electron chi connectivity index (χ0n) is 20.9. The number of ether oxygens (including phenoxy) is 1. The van der Waals surface area contributed by atoms with Gasteiger partial charge in [-0.2, -0.15) is 0 Å². The summed E-state index contributed by atoms with van der Waals surface area (Å²) in [6.07, 6.45) is 1.95. The molecule has 0 aliphatic rings. The van der Waals surface area contributed by atoms with Crippen molar-refractivity contribution in [2.24, 2.45) is 0 Å². The third kappa shape index (κ3) is 7.08. The van der Waals surface area contributed by atoms with Crippen molar-refractivity contribution in [3.05, 3.63) is 54.5 Å². The predicted molar refractivity (Wildman–Crippen MR) is 145 cm³/mol. The van der Waals surface area contributed by atoms with E-state index in [1.807, 2.05) is 13.8 Å². The van der Waals surface area contributed by atoms with Gasteiger partial charge >= 0.3 is 0 Å². The molecule has 3 aromatic heterocycles. The summed E-state index contributed by atoms with van der Waals surface area (Å²) in [4.78, 5) is 17.2. The third-order valence-corrected chi connectivity index (χ3v) is 6.51. The van der Waals surface area contributed by atoms with Gasteiger partial charge in [0.05, 0.1) is 22.7 Å². The van der Waals surface area contributed by atoms with Gasteiger partial charge in [0.15, 0.2) is 17.5 Å². The second-order valence-electron chi connectivity index (χ2n) is 7.84. The topological polar surface area (TPSA) is 159 Å². The number of pyridine rings is 2. The first-order valence-electron chi connectivity index (χ1n) is 11.7. The Bertz CT molecular complexity index is 1460. The number of nitrogen functional groups attached to an aromatic ring is 2. The SMILES string of the molecule is CCCS(=O)(=O)Nc1cccc(-c2ccc3nc(-c4ccc(N)nc4)nc(N)c3n2)c1F.CCOCC. The molecule has 0 aliphatic heterocycles. The second kappa shape index (κ2) is 12.4. The van der Waals surface area contributed by atoms with Crippen LogP contribution < -0.4 is 16.2 Å². The van der Waals surface area contributed by atoms with Crippen molar-refractivity contribution >= 4 is 38.4 Å². The normalized spacial score (nSPS) is 11.1. The lowest BCUT2D eigenvalue weighted by Crippen LogP contribution is -2.17. The molecule has 37 heavy (non-hydrogen) atoms. The second-order valence-corrected chi connectivity index (χ2v) is 9.68. The zero-order valence-corrected chi connectivity index (χ0v) is 21.7. The molecular formula is C25H30FN7O3S. The fourth-order valence-electron chi connectivity index (χ4n) is 3.35. The van der Waals surface area contributed by atoms with Gasteiger partial charge in [0, 0.05) is 30.5 Å². The fourth-order valence-corrected chi connectivity index (χ4v) is 4.49. The van der Waals surface area contributed by atoms with Crippen LogP contribution in [0.5, 0.6) is 0 Å². The number of nitrogens with two attached hydrogens (primary N) is 2. The van der Waals surface area contributed by atoms with E-state index < -0.39 is 15.8 Å². The van der Waals surface area contributed by atoms with E-state index in [2.05, 4.69) is 24.7 Å². The fraction of sp³-hybridized carbons (Fsp3) is 0.280. The quantitative estimate of drug-likeness (QED) is 0.304. The lowest BCUT2D eigenvalue weighted by molar-refractivity contribution is 0.162. The Labute approximate surface area is 215 Å². The average Bonchev–Trinajstić information content (AvgIpc) is 2.86. The van der Waals surface area contributed by atoms with Crippen LogP contribution in [0.1, 0.15) is 27.2 Å². The molecule has 12 heteroatoms. The van der Waals surface area contributed by atoms with Crippen molar-refractivity contribution in [2.75, 3.05) is 35.2 Å². The molecule has 0 bridgehead atoms. The van der Waals surface area contributed by atoms with Gasteiger partial charge in [0.2, 0.25) is 10.0 Å². The maximum atomic E-state index is 15.1. The first kappa shape index (κ1) is 27.7. The van der Waals surface area contributed by atoms with Gasteiger partial charge in [-0.25, -0.2) is 32.7 Å². The van der Waals surface area contributed by atoms with Gasteiger partial charge in [-0.1, -0.05) is 13.0 Å². The third-order valence-electron chi connectivity index (χ3n) is 5.04. The van der Waals surface area contributed by atoms with E-state index >= 15 is 4.39 Å². The Morgan fingerprint density at radius 1 is 0.973 bits per heavy atom. The summed E-state index contributed by atoms with van der Waals surface area (Å²) in [6, 6.07) is 11.0. The summed E-state index contributed by atoms with van der Waals surface area (Å²) in [5, 5.41) is 0. The van der Waals surface area contributed by atoms with Gasteiger partial charge < -0.3 is 16.2 Å². The number of nitrogens with zero attached hydrogens (tertiary/aromatic N) is 4. The highest BCUT2D eigenvalue weighted by molar-refractivity contribution is 7.92. The molecule has 0 aliphatic carbocycles. The number of rotatable bonds is 8. The molecule has 5 N–H and O–H groups in total. The predicted octanol–water partition coefficient (Wildman–Crippen LogP) is 4.25. The molecule has 0 unspecified atom stereocenters. The van der Waals surface area contributed by atoms with E-state index in [0.29, 0.717) is 34.7 Å². The Balaban J connectivity index is 0.000000695. The standard InChI is InChI=1S/C21H20FN7O2S.C4H10O/c1-2-10-32(30,31)29-15-5-3-4-13(18(15)22)14-7-8-16-19(26-14)20(24)28-21(27-16)12-6-9-17(23)25-11-12;1-3-5-4-2/h3-9,11,29H,2,10H2,1H3,(H2,23,25)(H2,24,27,28);3-4H2,1-2H3. The maximum absolute atomic E-state index is 15.1. The number of aromatic nitrogens is 4. The van der Waals surface area contributed by atoms with Crippen LogP contribution in [0.3, 0.4) is 0 Å². The Kier molecular flexibility index (Phi) is 9.25. The Hall–Kier alpha value is -3.90. The van der Waals surface area contributed by atoms with Crippen LogP contribution in [0, 0.1) is 5.82 Å². The number of sulfonamides is 1. The highest BCUT2D eigenvalue weighted by Crippen LogP contribution is 2.30. The summed E-state index contributed by atoms with van der Waals surface area (Å²) in [5.41, 5.74) is 13.4. The van der Waals surface area contributed by atoms with Gasteiger partial charge in [-0.15, -0.1) is 0 Å². The first-order chi connectivity index (χ1) is 17.7. The number of hydrogen-bond acceptors (Lipinski definition) is 9. The monoisotopic (exact) mass is 527 g/mol. The molecule has 3 heterocycles. The van der Waals surface area contributed by atoms with E-state index in [1.165, 1.54) is 18.3 Å². The van der Waals surface area contributed by atoms with Crippen molar-refractivity contribution in [3.63, 3.8) is 0 Å². The molecule has 196 valence electrons. The van der Waals surface area contributed by atoms with Crippen molar-refractivity contribution in [1.29, 1.82) is 0 Å². The molecule has 0 spiro atoms. The van der Waals surface area contributed by atoms with Crippen molar-refractivity contribution in [1.82, 2.24) is 19.9 Å². The molecule has 0 atom stereocenters. The van der Waals surface area contributed by atoms with Crippen molar-refractivity contribution in [3.8, 4) is 22.6 Å². The smallest absolute Gasteiger partial charge is 0.232 e. The largest absolute Gasteiger partial charge is 0.384 e. The Morgan fingerprint density at radius 2 is 1.73 bits per heavy atom. The van der Waals surface area contributed by atoms with Gasteiger partial charge in [0.1, 0.15) is 11.3 Å². The maximum Gasteiger partial charge on any atom is 0.232 e. The zero-order chi connectivity index (χ0) is 27.0. The summed E-state index contributed by atoms with van der Waals surface area (Å²) in [5.74, 6) is 0.00236. The summed E-state index contributed by atoms with van der Waals surface area (Å²) in [7, 11) is -3.64. The molecule has 0 saturated heterocycles. The number of benzene rings is 1. The molecule has 0 radical (unpaired) electrons. The summed E-state index contributed by atoms with van der Waals surface area (Å²) in [6.45, 7) is 7.40.